The number of imidazole rings is 2. The van der Waals surface area contributed by atoms with Crippen LogP contribution in [0.3, 0.4) is 0 Å². The lowest BCUT2D eigenvalue weighted by Crippen LogP contribution is -2.32. The van der Waals surface area contributed by atoms with Crippen LogP contribution in [0.1, 0.15) is 22.2 Å². The predicted molar refractivity (Wildman–Crippen MR) is 82.1 cm³/mol. The van der Waals surface area contributed by atoms with Gasteiger partial charge >= 0.3 is 0 Å². The van der Waals surface area contributed by atoms with Gasteiger partial charge in [-0.25, -0.2) is 9.97 Å². The second kappa shape index (κ2) is 6.26. The van der Waals surface area contributed by atoms with Gasteiger partial charge in [0, 0.05) is 38.4 Å². The average molecular weight is 295 g/mol. The van der Waals surface area contributed by atoms with Gasteiger partial charge in [0.1, 0.15) is 0 Å². The molecule has 3 rings (SSSR count). The summed E-state index contributed by atoms with van der Waals surface area (Å²) in [6.07, 6.45) is 8.71. The molecule has 1 atom stereocenters. The fraction of sp³-hybridized carbons (Fsp3) is 0.188. The van der Waals surface area contributed by atoms with E-state index in [0.717, 1.165) is 5.56 Å². The highest BCUT2D eigenvalue weighted by Gasteiger charge is 2.18. The lowest BCUT2D eigenvalue weighted by Gasteiger charge is -2.19. The van der Waals surface area contributed by atoms with Gasteiger partial charge in [-0.1, -0.05) is 30.3 Å². The molecule has 6 heteroatoms. The van der Waals surface area contributed by atoms with Crippen molar-refractivity contribution in [3.63, 3.8) is 0 Å². The molecule has 2 aromatic heterocycles. The topological polar surface area (TPSA) is 64.7 Å². The Labute approximate surface area is 128 Å². The van der Waals surface area contributed by atoms with Gasteiger partial charge in [0.15, 0.2) is 5.82 Å². The Kier molecular flexibility index (Phi) is 4.00. The SMILES string of the molecule is Cn1ccnc1C(=O)NC(Cn1ccnc1)c1ccccc1. The maximum Gasteiger partial charge on any atom is 0.287 e. The molecule has 0 aliphatic heterocycles. The first-order chi connectivity index (χ1) is 10.7. The summed E-state index contributed by atoms with van der Waals surface area (Å²) < 4.78 is 3.64. The zero-order chi connectivity index (χ0) is 15.4. The third kappa shape index (κ3) is 3.06. The van der Waals surface area contributed by atoms with Crippen molar-refractivity contribution in [2.45, 2.75) is 12.6 Å². The normalized spacial score (nSPS) is 12.0. The van der Waals surface area contributed by atoms with Gasteiger partial charge in [-0.3, -0.25) is 4.79 Å². The molecule has 0 saturated carbocycles. The number of nitrogens with one attached hydrogen (secondary N) is 1. The molecular weight excluding hydrogens is 278 g/mol. The first-order valence-corrected chi connectivity index (χ1v) is 7.03. The van der Waals surface area contributed by atoms with Crippen molar-refractivity contribution in [3.8, 4) is 0 Å². The number of hydrogen-bond donors (Lipinski definition) is 1. The van der Waals surface area contributed by atoms with Gasteiger partial charge in [0.25, 0.3) is 5.91 Å². The molecular formula is C16H17N5O. The smallest absolute Gasteiger partial charge is 0.287 e. The third-order valence-corrected chi connectivity index (χ3v) is 3.48. The predicted octanol–water partition coefficient (Wildman–Crippen LogP) is 1.79. The zero-order valence-electron chi connectivity index (χ0n) is 12.3. The Hall–Kier alpha value is -2.89. The van der Waals surface area contributed by atoms with Crippen molar-refractivity contribution in [1.29, 1.82) is 0 Å². The monoisotopic (exact) mass is 295 g/mol. The molecule has 0 saturated heterocycles. The molecule has 1 unspecified atom stereocenters. The van der Waals surface area contributed by atoms with Gasteiger partial charge in [0.2, 0.25) is 0 Å². The second-order valence-electron chi connectivity index (χ2n) is 5.06. The molecule has 3 aromatic rings. The quantitative estimate of drug-likeness (QED) is 0.780. The van der Waals surface area contributed by atoms with Crippen LogP contribution >= 0.6 is 0 Å². The van der Waals surface area contributed by atoms with Crippen LogP contribution in [0.2, 0.25) is 0 Å². The van der Waals surface area contributed by atoms with Crippen molar-refractivity contribution < 1.29 is 4.79 Å². The minimum absolute atomic E-state index is 0.153. The van der Waals surface area contributed by atoms with Crippen LogP contribution in [0.4, 0.5) is 0 Å². The third-order valence-electron chi connectivity index (χ3n) is 3.48. The molecule has 0 bridgehead atoms. The van der Waals surface area contributed by atoms with Crippen LogP contribution in [0.25, 0.3) is 0 Å². The molecule has 1 N–H and O–H groups in total. The molecule has 1 aromatic carbocycles. The lowest BCUT2D eigenvalue weighted by atomic mass is 10.1. The van der Waals surface area contributed by atoms with Crippen molar-refractivity contribution in [2.24, 2.45) is 7.05 Å². The molecule has 0 fully saturated rings. The zero-order valence-corrected chi connectivity index (χ0v) is 12.3. The Morgan fingerprint density at radius 2 is 2.05 bits per heavy atom. The van der Waals surface area contributed by atoms with Crippen LogP contribution in [-0.2, 0) is 13.6 Å². The number of carbonyl (C=O) groups excluding carboxylic acids is 1. The van der Waals surface area contributed by atoms with Crippen LogP contribution in [-0.4, -0.2) is 25.0 Å². The number of aryl methyl sites for hydroxylation is 1. The Morgan fingerprint density at radius 1 is 1.23 bits per heavy atom. The van der Waals surface area contributed by atoms with E-state index in [2.05, 4.69) is 15.3 Å². The van der Waals surface area contributed by atoms with Crippen molar-refractivity contribution in [1.82, 2.24) is 24.4 Å². The van der Waals surface area contributed by atoms with Gasteiger partial charge in [-0.2, -0.15) is 0 Å². The van der Waals surface area contributed by atoms with Gasteiger partial charge < -0.3 is 14.5 Å². The van der Waals surface area contributed by atoms with E-state index in [1.807, 2.05) is 41.1 Å². The molecule has 112 valence electrons. The standard InChI is InChI=1S/C16H17N5O/c1-20-9-8-18-15(20)16(22)19-14(11-21-10-7-17-12-21)13-5-3-2-4-6-13/h2-10,12,14H,11H2,1H3,(H,19,22). The van der Waals surface area contributed by atoms with Gasteiger partial charge in [-0.15, -0.1) is 0 Å². The fourth-order valence-electron chi connectivity index (χ4n) is 2.33. The van der Waals surface area contributed by atoms with Crippen molar-refractivity contribution in [2.75, 3.05) is 0 Å². The number of rotatable bonds is 5. The van der Waals surface area contributed by atoms with E-state index >= 15 is 0 Å². The number of benzene rings is 1. The molecule has 1 amide bonds. The van der Waals surface area contributed by atoms with Crippen LogP contribution in [0, 0.1) is 0 Å². The molecule has 0 radical (unpaired) electrons. The summed E-state index contributed by atoms with van der Waals surface area (Å²) >= 11 is 0. The number of hydrogen-bond acceptors (Lipinski definition) is 3. The second-order valence-corrected chi connectivity index (χ2v) is 5.06. The number of carbonyl (C=O) groups is 1. The Bertz CT molecular complexity index is 733. The minimum atomic E-state index is -0.193. The van der Waals surface area contributed by atoms with Crippen LogP contribution in [0.15, 0.2) is 61.4 Å². The average Bonchev–Trinajstić information content (AvgIpc) is 3.19. The first kappa shape index (κ1) is 14.1. The minimum Gasteiger partial charge on any atom is -0.341 e. The van der Waals surface area contributed by atoms with Crippen LogP contribution in [0.5, 0.6) is 0 Å². The number of nitrogens with zero attached hydrogens (tertiary/aromatic N) is 4. The summed E-state index contributed by atoms with van der Waals surface area (Å²) in [4.78, 5) is 20.6. The van der Waals surface area contributed by atoms with E-state index in [4.69, 9.17) is 0 Å². The van der Waals surface area contributed by atoms with E-state index in [0.29, 0.717) is 12.4 Å². The molecule has 0 aliphatic rings. The highest BCUT2D eigenvalue weighted by atomic mass is 16.2. The van der Waals surface area contributed by atoms with E-state index in [-0.39, 0.29) is 11.9 Å². The summed E-state index contributed by atoms with van der Waals surface area (Å²) in [7, 11) is 1.80. The molecule has 0 aliphatic carbocycles. The molecule has 2 heterocycles. The van der Waals surface area contributed by atoms with E-state index in [1.54, 1.807) is 36.5 Å². The first-order valence-electron chi connectivity index (χ1n) is 7.03. The van der Waals surface area contributed by atoms with Crippen molar-refractivity contribution >= 4 is 5.91 Å². The summed E-state index contributed by atoms with van der Waals surface area (Å²) in [5.41, 5.74) is 1.04. The Morgan fingerprint density at radius 3 is 2.68 bits per heavy atom. The van der Waals surface area contributed by atoms with Gasteiger partial charge in [-0.05, 0) is 5.56 Å². The summed E-state index contributed by atoms with van der Waals surface area (Å²) in [6.45, 7) is 0.611. The van der Waals surface area contributed by atoms with E-state index in [9.17, 15) is 4.79 Å². The van der Waals surface area contributed by atoms with E-state index < -0.39 is 0 Å². The highest BCUT2D eigenvalue weighted by molar-refractivity contribution is 5.91. The van der Waals surface area contributed by atoms with E-state index in [1.165, 1.54) is 0 Å². The lowest BCUT2D eigenvalue weighted by molar-refractivity contribution is 0.0919. The summed E-state index contributed by atoms with van der Waals surface area (Å²) in [5.74, 6) is 0.202. The molecule has 0 spiro atoms. The largest absolute Gasteiger partial charge is 0.341 e. The Balaban J connectivity index is 1.82. The molecule has 22 heavy (non-hydrogen) atoms. The molecule has 6 nitrogen and oxygen atoms in total. The number of aromatic nitrogens is 4. The highest BCUT2D eigenvalue weighted by Crippen LogP contribution is 2.15. The summed E-state index contributed by atoms with van der Waals surface area (Å²) in [5, 5.41) is 3.04. The van der Waals surface area contributed by atoms with Crippen LogP contribution < -0.4 is 5.32 Å². The van der Waals surface area contributed by atoms with Crippen molar-refractivity contribution in [3.05, 3.63) is 72.8 Å². The van der Waals surface area contributed by atoms with Gasteiger partial charge in [0.05, 0.1) is 12.4 Å². The maximum atomic E-state index is 12.4. The summed E-state index contributed by atoms with van der Waals surface area (Å²) in [6, 6.07) is 9.73. The fourth-order valence-corrected chi connectivity index (χ4v) is 2.33. The number of amides is 1. The maximum absolute atomic E-state index is 12.4.